The van der Waals surface area contributed by atoms with Crippen LogP contribution in [0.5, 0.6) is 5.75 Å². The van der Waals surface area contributed by atoms with Crippen LogP contribution in [0.4, 0.5) is 10.1 Å². The van der Waals surface area contributed by atoms with Gasteiger partial charge in [0.05, 0.1) is 0 Å². The lowest BCUT2D eigenvalue weighted by Gasteiger charge is -2.37. The van der Waals surface area contributed by atoms with E-state index in [1.54, 1.807) is 12.1 Å². The Kier molecular flexibility index (Phi) is 5.76. The number of carbonyl (C=O) groups excluding carboxylic acids is 1. The van der Waals surface area contributed by atoms with Crippen molar-refractivity contribution in [1.82, 2.24) is 4.90 Å². The molecular weight excluding hydrogens is 331 g/mol. The van der Waals surface area contributed by atoms with E-state index in [9.17, 15) is 9.18 Å². The largest absolute Gasteiger partial charge is 0.481 e. The minimum absolute atomic E-state index is 0.0350. The molecule has 0 spiro atoms. The molecule has 0 aliphatic carbocycles. The maximum atomic E-state index is 13.1. The van der Waals surface area contributed by atoms with Gasteiger partial charge in [0.2, 0.25) is 0 Å². The lowest BCUT2D eigenvalue weighted by molar-refractivity contribution is -0.139. The van der Waals surface area contributed by atoms with Crippen LogP contribution in [-0.4, -0.2) is 43.1 Å². The zero-order chi connectivity index (χ0) is 18.5. The van der Waals surface area contributed by atoms with Gasteiger partial charge in [0, 0.05) is 31.9 Å². The molecule has 2 aromatic rings. The summed E-state index contributed by atoms with van der Waals surface area (Å²) >= 11 is 0. The summed E-state index contributed by atoms with van der Waals surface area (Å²) in [5.74, 6) is 0.532. The minimum Gasteiger partial charge on any atom is -0.481 e. The first kappa shape index (κ1) is 18.2. The van der Waals surface area contributed by atoms with Crippen molar-refractivity contribution in [3.8, 4) is 5.75 Å². The van der Waals surface area contributed by atoms with E-state index >= 15 is 0 Å². The average molecular weight is 356 g/mol. The molecule has 4 nitrogen and oxygen atoms in total. The van der Waals surface area contributed by atoms with Crippen LogP contribution in [0.2, 0.25) is 0 Å². The van der Waals surface area contributed by atoms with Crippen LogP contribution in [0.15, 0.2) is 48.5 Å². The number of halogens is 1. The molecule has 1 saturated heterocycles. The zero-order valence-electron chi connectivity index (χ0n) is 15.3. The fourth-order valence-corrected chi connectivity index (χ4v) is 3.20. The van der Waals surface area contributed by atoms with Gasteiger partial charge in [-0.25, -0.2) is 4.39 Å². The first-order valence-corrected chi connectivity index (χ1v) is 9.09. The lowest BCUT2D eigenvalue weighted by atomic mass is 10.2. The number of anilines is 1. The van der Waals surface area contributed by atoms with Crippen molar-refractivity contribution < 1.29 is 13.9 Å². The number of nitrogens with zero attached hydrogens (tertiary/aromatic N) is 2. The Morgan fingerprint density at radius 3 is 2.42 bits per heavy atom. The van der Waals surface area contributed by atoms with Crippen LogP contribution < -0.4 is 9.64 Å². The first-order valence-electron chi connectivity index (χ1n) is 9.09. The number of aryl methyl sites for hydroxylation is 1. The van der Waals surface area contributed by atoms with Crippen molar-refractivity contribution in [3.63, 3.8) is 0 Å². The second kappa shape index (κ2) is 8.21. The van der Waals surface area contributed by atoms with Gasteiger partial charge in [-0.15, -0.1) is 0 Å². The Labute approximate surface area is 154 Å². The van der Waals surface area contributed by atoms with E-state index in [4.69, 9.17) is 4.74 Å². The summed E-state index contributed by atoms with van der Waals surface area (Å²) in [4.78, 5) is 16.9. The Morgan fingerprint density at radius 2 is 1.81 bits per heavy atom. The van der Waals surface area contributed by atoms with Crippen LogP contribution in [0.3, 0.4) is 0 Å². The van der Waals surface area contributed by atoms with Gasteiger partial charge in [-0.3, -0.25) is 4.79 Å². The maximum absolute atomic E-state index is 13.1. The van der Waals surface area contributed by atoms with Gasteiger partial charge in [-0.2, -0.15) is 0 Å². The van der Waals surface area contributed by atoms with Crippen molar-refractivity contribution >= 4 is 11.6 Å². The molecule has 0 bridgehead atoms. The minimum atomic E-state index is -0.464. The van der Waals surface area contributed by atoms with E-state index in [-0.39, 0.29) is 11.7 Å². The fourth-order valence-electron chi connectivity index (χ4n) is 3.20. The molecule has 5 heteroatoms. The van der Waals surface area contributed by atoms with Gasteiger partial charge in [0.15, 0.2) is 6.10 Å². The molecular formula is C21H25FN2O2. The normalized spacial score (nSPS) is 15.7. The first-order chi connectivity index (χ1) is 12.6. The fraction of sp³-hybridized carbons (Fsp3) is 0.381. The lowest BCUT2D eigenvalue weighted by Crippen LogP contribution is -2.52. The molecule has 0 aromatic heterocycles. The molecule has 26 heavy (non-hydrogen) atoms. The molecule has 1 aliphatic rings. The van der Waals surface area contributed by atoms with Crippen molar-refractivity contribution in [2.24, 2.45) is 0 Å². The van der Waals surface area contributed by atoms with Gasteiger partial charge in [-0.05, 0) is 55.3 Å². The molecule has 0 radical (unpaired) electrons. The highest BCUT2D eigenvalue weighted by atomic mass is 19.1. The average Bonchev–Trinajstić information content (AvgIpc) is 2.66. The van der Waals surface area contributed by atoms with Crippen LogP contribution in [0.25, 0.3) is 0 Å². The van der Waals surface area contributed by atoms with Gasteiger partial charge in [0.1, 0.15) is 11.6 Å². The van der Waals surface area contributed by atoms with Crippen LogP contribution in [0.1, 0.15) is 18.9 Å². The SMILES string of the molecule is CC[C@H](Oc1cccc(C)c1)C(=O)N1CCN(c2ccc(F)cc2)CC1. The molecule has 2 aromatic carbocycles. The molecule has 1 heterocycles. The van der Waals surface area contributed by atoms with Crippen molar-refractivity contribution in [2.75, 3.05) is 31.1 Å². The Bertz CT molecular complexity index is 740. The molecule has 0 saturated carbocycles. The van der Waals surface area contributed by atoms with E-state index < -0.39 is 6.10 Å². The number of hydrogen-bond acceptors (Lipinski definition) is 3. The van der Waals surface area contributed by atoms with E-state index in [1.165, 1.54) is 12.1 Å². The number of piperazine rings is 1. The van der Waals surface area contributed by atoms with E-state index in [0.717, 1.165) is 30.1 Å². The number of benzene rings is 2. The van der Waals surface area contributed by atoms with Crippen molar-refractivity contribution in [2.45, 2.75) is 26.4 Å². The summed E-state index contributed by atoms with van der Waals surface area (Å²) in [6.07, 6.45) is 0.166. The van der Waals surface area contributed by atoms with Crippen LogP contribution >= 0.6 is 0 Å². The number of carbonyl (C=O) groups is 1. The summed E-state index contributed by atoms with van der Waals surface area (Å²) in [5, 5.41) is 0. The van der Waals surface area contributed by atoms with Gasteiger partial charge in [0.25, 0.3) is 5.91 Å². The van der Waals surface area contributed by atoms with Crippen molar-refractivity contribution in [1.29, 1.82) is 0 Å². The highest BCUT2D eigenvalue weighted by Gasteiger charge is 2.28. The monoisotopic (exact) mass is 356 g/mol. The van der Waals surface area contributed by atoms with E-state index in [0.29, 0.717) is 19.5 Å². The summed E-state index contributed by atoms with van der Waals surface area (Å²) in [6.45, 7) is 6.72. The Morgan fingerprint density at radius 1 is 1.12 bits per heavy atom. The third-order valence-electron chi connectivity index (χ3n) is 4.70. The van der Waals surface area contributed by atoms with Gasteiger partial charge < -0.3 is 14.5 Å². The molecule has 0 unspecified atom stereocenters. The zero-order valence-corrected chi connectivity index (χ0v) is 15.3. The standard InChI is InChI=1S/C21H25FN2O2/c1-3-20(26-19-6-4-5-16(2)15-19)21(25)24-13-11-23(12-14-24)18-9-7-17(22)8-10-18/h4-10,15,20H,3,11-14H2,1-2H3/t20-/m0/s1. The summed E-state index contributed by atoms with van der Waals surface area (Å²) in [5.41, 5.74) is 2.10. The molecule has 1 atom stereocenters. The summed E-state index contributed by atoms with van der Waals surface area (Å²) < 4.78 is 19.0. The predicted molar refractivity (Wildman–Crippen MR) is 101 cm³/mol. The Balaban J connectivity index is 1.58. The summed E-state index contributed by atoms with van der Waals surface area (Å²) in [7, 11) is 0. The molecule has 1 amide bonds. The predicted octanol–water partition coefficient (Wildman–Crippen LogP) is 3.64. The van der Waals surface area contributed by atoms with Gasteiger partial charge in [-0.1, -0.05) is 19.1 Å². The third kappa shape index (κ3) is 4.34. The van der Waals surface area contributed by atoms with Crippen molar-refractivity contribution in [3.05, 3.63) is 59.9 Å². The topological polar surface area (TPSA) is 32.8 Å². The number of ether oxygens (including phenoxy) is 1. The molecule has 1 aliphatic heterocycles. The van der Waals surface area contributed by atoms with Crippen LogP contribution in [-0.2, 0) is 4.79 Å². The summed E-state index contributed by atoms with van der Waals surface area (Å²) in [6, 6.07) is 14.3. The van der Waals surface area contributed by atoms with E-state index in [1.807, 2.05) is 43.0 Å². The smallest absolute Gasteiger partial charge is 0.263 e. The quantitative estimate of drug-likeness (QED) is 0.820. The maximum Gasteiger partial charge on any atom is 0.263 e. The highest BCUT2D eigenvalue weighted by Crippen LogP contribution is 2.19. The second-order valence-corrected chi connectivity index (χ2v) is 6.62. The van der Waals surface area contributed by atoms with Crippen LogP contribution in [0, 0.1) is 12.7 Å². The Hall–Kier alpha value is -2.56. The molecule has 138 valence electrons. The van der Waals surface area contributed by atoms with Gasteiger partial charge >= 0.3 is 0 Å². The molecule has 1 fully saturated rings. The number of rotatable bonds is 5. The second-order valence-electron chi connectivity index (χ2n) is 6.62. The van der Waals surface area contributed by atoms with E-state index in [2.05, 4.69) is 4.90 Å². The molecule has 0 N–H and O–H groups in total. The third-order valence-corrected chi connectivity index (χ3v) is 4.70. The highest BCUT2D eigenvalue weighted by molar-refractivity contribution is 5.81. The number of amides is 1. The number of hydrogen-bond donors (Lipinski definition) is 0. The molecule has 3 rings (SSSR count).